The predicted octanol–water partition coefficient (Wildman–Crippen LogP) is 1.91. The summed E-state index contributed by atoms with van der Waals surface area (Å²) < 4.78 is 27.4. The molecule has 0 aliphatic heterocycles. The zero-order chi connectivity index (χ0) is 13.3. The van der Waals surface area contributed by atoms with Crippen molar-refractivity contribution >= 4 is 15.7 Å². The van der Waals surface area contributed by atoms with Crippen LogP contribution in [-0.2, 0) is 16.4 Å². The number of rotatable bonds is 5. The van der Waals surface area contributed by atoms with Crippen molar-refractivity contribution in [1.82, 2.24) is 4.72 Å². The lowest BCUT2D eigenvalue weighted by molar-refractivity contribution is 0.575. The van der Waals surface area contributed by atoms with Crippen molar-refractivity contribution < 1.29 is 8.42 Å². The summed E-state index contributed by atoms with van der Waals surface area (Å²) in [6, 6.07) is 5.17. The molecule has 1 aliphatic rings. The summed E-state index contributed by atoms with van der Waals surface area (Å²) in [4.78, 5) is 0.326. The largest absolute Gasteiger partial charge is 0.399 e. The molecule has 3 N–H and O–H groups in total. The Hall–Kier alpha value is -1.07. The number of aryl methyl sites for hydroxylation is 1. The van der Waals surface area contributed by atoms with Gasteiger partial charge in [-0.3, -0.25) is 0 Å². The minimum atomic E-state index is -3.44. The maximum atomic E-state index is 12.3. The van der Waals surface area contributed by atoms with Gasteiger partial charge in [-0.15, -0.1) is 0 Å². The zero-order valence-electron chi connectivity index (χ0n) is 10.8. The SMILES string of the molecule is CCc1ccc(N)cc1S(=O)(=O)NC1CC1CC. The van der Waals surface area contributed by atoms with Gasteiger partial charge in [0, 0.05) is 11.7 Å². The van der Waals surface area contributed by atoms with Crippen molar-refractivity contribution in [3.8, 4) is 0 Å². The molecule has 1 aliphatic carbocycles. The van der Waals surface area contributed by atoms with E-state index in [4.69, 9.17) is 5.73 Å². The van der Waals surface area contributed by atoms with Gasteiger partial charge in [0.15, 0.2) is 0 Å². The number of anilines is 1. The Balaban J connectivity index is 2.26. The number of nitrogens with one attached hydrogen (secondary N) is 1. The van der Waals surface area contributed by atoms with Gasteiger partial charge in [0.25, 0.3) is 0 Å². The van der Waals surface area contributed by atoms with Crippen LogP contribution in [0, 0.1) is 5.92 Å². The number of nitrogens with two attached hydrogens (primary N) is 1. The second kappa shape index (κ2) is 4.90. The predicted molar refractivity (Wildman–Crippen MR) is 72.7 cm³/mol. The summed E-state index contributed by atoms with van der Waals surface area (Å²) >= 11 is 0. The van der Waals surface area contributed by atoms with Gasteiger partial charge in [-0.2, -0.15) is 0 Å². The number of sulfonamides is 1. The molecule has 5 heteroatoms. The lowest BCUT2D eigenvalue weighted by Crippen LogP contribution is -2.28. The summed E-state index contributed by atoms with van der Waals surface area (Å²) in [5.74, 6) is 0.492. The van der Waals surface area contributed by atoms with Crippen molar-refractivity contribution in [2.24, 2.45) is 5.92 Å². The molecule has 0 radical (unpaired) electrons. The molecule has 0 bridgehead atoms. The minimum absolute atomic E-state index is 0.103. The van der Waals surface area contributed by atoms with E-state index in [2.05, 4.69) is 11.6 Å². The second-order valence-electron chi connectivity index (χ2n) is 4.85. The van der Waals surface area contributed by atoms with E-state index in [1.807, 2.05) is 6.92 Å². The monoisotopic (exact) mass is 268 g/mol. The van der Waals surface area contributed by atoms with Gasteiger partial charge in [-0.1, -0.05) is 26.3 Å². The average Bonchev–Trinajstić information content (AvgIpc) is 3.06. The molecule has 18 heavy (non-hydrogen) atoms. The van der Waals surface area contributed by atoms with Crippen LogP contribution in [0.5, 0.6) is 0 Å². The van der Waals surface area contributed by atoms with Crippen molar-refractivity contribution in [1.29, 1.82) is 0 Å². The first-order valence-electron chi connectivity index (χ1n) is 6.38. The summed E-state index contributed by atoms with van der Waals surface area (Å²) in [7, 11) is -3.44. The molecule has 0 spiro atoms. The fourth-order valence-electron chi connectivity index (χ4n) is 2.22. The van der Waals surface area contributed by atoms with E-state index in [1.165, 1.54) is 0 Å². The molecule has 0 saturated heterocycles. The third kappa shape index (κ3) is 2.67. The highest BCUT2D eigenvalue weighted by molar-refractivity contribution is 7.89. The topological polar surface area (TPSA) is 72.2 Å². The Kier molecular flexibility index (Phi) is 3.64. The molecule has 0 heterocycles. The van der Waals surface area contributed by atoms with E-state index < -0.39 is 10.0 Å². The smallest absolute Gasteiger partial charge is 0.241 e. The quantitative estimate of drug-likeness (QED) is 0.801. The van der Waals surface area contributed by atoms with Crippen LogP contribution in [-0.4, -0.2) is 14.5 Å². The fourth-order valence-corrected chi connectivity index (χ4v) is 3.88. The molecule has 0 aromatic heterocycles. The Morgan fingerprint density at radius 2 is 2.11 bits per heavy atom. The zero-order valence-corrected chi connectivity index (χ0v) is 11.6. The van der Waals surface area contributed by atoms with Crippen molar-refractivity contribution in [2.45, 2.75) is 44.0 Å². The molecule has 1 saturated carbocycles. The van der Waals surface area contributed by atoms with Crippen LogP contribution in [0.3, 0.4) is 0 Å². The Bertz CT molecular complexity index is 540. The van der Waals surface area contributed by atoms with Gasteiger partial charge in [0.05, 0.1) is 4.90 Å². The highest BCUT2D eigenvalue weighted by atomic mass is 32.2. The normalized spacial score (nSPS) is 23.0. The van der Waals surface area contributed by atoms with Crippen molar-refractivity contribution in [3.05, 3.63) is 23.8 Å². The molecule has 2 atom stereocenters. The van der Waals surface area contributed by atoms with Gasteiger partial charge in [0.1, 0.15) is 0 Å². The minimum Gasteiger partial charge on any atom is -0.399 e. The summed E-state index contributed by atoms with van der Waals surface area (Å²) in [6.07, 6.45) is 2.64. The standard InChI is InChI=1S/C13H20N2O2S/c1-3-9-5-6-11(14)8-13(9)18(16,17)15-12-7-10(12)4-2/h5-6,8,10,12,15H,3-4,7,14H2,1-2H3. The summed E-state index contributed by atoms with van der Waals surface area (Å²) in [6.45, 7) is 4.02. The number of nitrogen functional groups attached to an aromatic ring is 1. The van der Waals surface area contributed by atoms with E-state index in [-0.39, 0.29) is 6.04 Å². The van der Waals surface area contributed by atoms with Crippen LogP contribution in [0.1, 0.15) is 32.3 Å². The number of benzene rings is 1. The molecule has 2 rings (SSSR count). The first kappa shape index (κ1) is 13.4. The molecule has 0 amide bonds. The molecule has 1 aromatic carbocycles. The van der Waals surface area contributed by atoms with Crippen LogP contribution in [0.4, 0.5) is 5.69 Å². The van der Waals surface area contributed by atoms with Crippen LogP contribution in [0.15, 0.2) is 23.1 Å². The van der Waals surface area contributed by atoms with E-state index in [0.29, 0.717) is 22.9 Å². The molecular weight excluding hydrogens is 248 g/mol. The van der Waals surface area contributed by atoms with E-state index in [1.54, 1.807) is 18.2 Å². The van der Waals surface area contributed by atoms with Crippen LogP contribution >= 0.6 is 0 Å². The van der Waals surface area contributed by atoms with Gasteiger partial charge >= 0.3 is 0 Å². The maximum Gasteiger partial charge on any atom is 0.241 e. The number of hydrogen-bond acceptors (Lipinski definition) is 3. The Labute approximate surface area is 109 Å². The first-order valence-corrected chi connectivity index (χ1v) is 7.87. The Morgan fingerprint density at radius 3 is 2.67 bits per heavy atom. The molecular formula is C13H20N2O2S. The third-order valence-electron chi connectivity index (χ3n) is 3.52. The second-order valence-corrected chi connectivity index (χ2v) is 6.53. The highest BCUT2D eigenvalue weighted by Gasteiger charge is 2.39. The van der Waals surface area contributed by atoms with Gasteiger partial charge in [0.2, 0.25) is 10.0 Å². The molecule has 4 nitrogen and oxygen atoms in total. The molecule has 100 valence electrons. The van der Waals surface area contributed by atoms with Gasteiger partial charge < -0.3 is 5.73 Å². The highest BCUT2D eigenvalue weighted by Crippen LogP contribution is 2.34. The summed E-state index contributed by atoms with van der Waals surface area (Å²) in [5, 5.41) is 0. The third-order valence-corrected chi connectivity index (χ3v) is 5.09. The lowest BCUT2D eigenvalue weighted by Gasteiger charge is -2.11. The maximum absolute atomic E-state index is 12.3. The lowest BCUT2D eigenvalue weighted by atomic mass is 10.1. The molecule has 2 unspecified atom stereocenters. The van der Waals surface area contributed by atoms with Gasteiger partial charge in [-0.05, 0) is 36.5 Å². The first-order chi connectivity index (χ1) is 8.47. The average molecular weight is 268 g/mol. The number of hydrogen-bond donors (Lipinski definition) is 2. The van der Waals surface area contributed by atoms with Crippen molar-refractivity contribution in [3.63, 3.8) is 0 Å². The van der Waals surface area contributed by atoms with Crippen molar-refractivity contribution in [2.75, 3.05) is 5.73 Å². The van der Waals surface area contributed by atoms with E-state index in [9.17, 15) is 8.42 Å². The van der Waals surface area contributed by atoms with E-state index in [0.717, 1.165) is 18.4 Å². The van der Waals surface area contributed by atoms with Gasteiger partial charge in [-0.25, -0.2) is 13.1 Å². The molecule has 1 aromatic rings. The fraction of sp³-hybridized carbons (Fsp3) is 0.538. The van der Waals surface area contributed by atoms with Crippen LogP contribution in [0.2, 0.25) is 0 Å². The van der Waals surface area contributed by atoms with Crippen LogP contribution in [0.25, 0.3) is 0 Å². The van der Waals surface area contributed by atoms with Crippen LogP contribution < -0.4 is 10.5 Å². The summed E-state index contributed by atoms with van der Waals surface area (Å²) in [5.41, 5.74) is 6.98. The Morgan fingerprint density at radius 1 is 1.39 bits per heavy atom. The molecule has 1 fully saturated rings. The van der Waals surface area contributed by atoms with E-state index >= 15 is 0 Å².